The van der Waals surface area contributed by atoms with Gasteiger partial charge in [-0.3, -0.25) is 0 Å². The number of rotatable bonds is 6. The van der Waals surface area contributed by atoms with Crippen LogP contribution in [0, 0.1) is 5.92 Å². The summed E-state index contributed by atoms with van der Waals surface area (Å²) in [5, 5.41) is 5.02. The number of para-hydroxylation sites is 1. The molecular weight excluding hydrogens is 631 g/mol. The van der Waals surface area contributed by atoms with Gasteiger partial charge in [-0.05, 0) is 112 Å². The molecule has 0 bridgehead atoms. The Morgan fingerprint density at radius 3 is 2.25 bits per heavy atom. The lowest BCUT2D eigenvalue weighted by Gasteiger charge is -2.31. The minimum absolute atomic E-state index is 0.0910. The predicted octanol–water partition coefficient (Wildman–Crippen LogP) is 13.2. The Hall–Kier alpha value is -6.12. The molecule has 0 spiro atoms. The van der Waals surface area contributed by atoms with Gasteiger partial charge in [-0.25, -0.2) is 0 Å². The van der Waals surface area contributed by atoms with Gasteiger partial charge in [0.25, 0.3) is 0 Å². The second-order valence-corrected chi connectivity index (χ2v) is 14.3. The lowest BCUT2D eigenvalue weighted by molar-refractivity contribution is 0.269. The number of anilines is 2. The number of nitrogens with zero attached hydrogens (tertiary/aromatic N) is 1. The highest BCUT2D eigenvalue weighted by Gasteiger charge is 2.33. The smallest absolute Gasteiger partial charge is 0.128 e. The normalized spacial score (nSPS) is 20.0. The van der Waals surface area contributed by atoms with E-state index in [0.717, 1.165) is 30.7 Å². The van der Waals surface area contributed by atoms with Crippen molar-refractivity contribution in [2.45, 2.75) is 31.3 Å². The third-order valence-electron chi connectivity index (χ3n) is 11.2. The molecule has 0 saturated heterocycles. The topological polar surface area (TPSA) is 12.5 Å². The van der Waals surface area contributed by atoms with Crippen LogP contribution in [-0.2, 0) is 0 Å². The number of hydrogen-bond acceptors (Lipinski definition) is 2. The number of fused-ring (bicyclic) bond motifs is 6. The Morgan fingerprint density at radius 2 is 1.38 bits per heavy atom. The maximum absolute atomic E-state index is 6.29. The molecule has 0 fully saturated rings. The van der Waals surface area contributed by atoms with E-state index in [1.807, 2.05) is 0 Å². The Kier molecular flexibility index (Phi) is 7.61. The molecule has 0 radical (unpaired) electrons. The molecule has 6 aromatic rings. The Bertz CT molecular complexity index is 2540. The number of allylic oxidation sites excluding steroid dienone is 9. The maximum atomic E-state index is 6.29. The van der Waals surface area contributed by atoms with Crippen molar-refractivity contribution < 1.29 is 4.74 Å². The first-order valence-corrected chi connectivity index (χ1v) is 18.6. The lowest BCUT2D eigenvalue weighted by Crippen LogP contribution is -2.18. The van der Waals surface area contributed by atoms with Gasteiger partial charge in [-0.2, -0.15) is 0 Å². The monoisotopic (exact) mass is 669 g/mol. The molecule has 1 aliphatic heterocycles. The van der Waals surface area contributed by atoms with Crippen molar-refractivity contribution >= 4 is 32.9 Å². The fourth-order valence-electron chi connectivity index (χ4n) is 8.50. The van der Waals surface area contributed by atoms with Gasteiger partial charge in [0, 0.05) is 34.3 Å². The average Bonchev–Trinajstić information content (AvgIpc) is 3.61. The standard InChI is InChI=1S/C50H39NO/c1-2-10-34(11-3-1)36-20-26-42(27-21-36)51(47-16-8-6-14-44(47)40-19-18-35-12-4-5-13-38(35)32-40)43-28-22-37(23-29-43)39-24-30-45-41(33-39)25-31-49-50(45)46-15-7-9-17-48(46)52-49/h2,4-20,22-33,36,46,48H,1,3,21H2. The summed E-state index contributed by atoms with van der Waals surface area (Å²) in [7, 11) is 0. The third kappa shape index (κ3) is 5.43. The third-order valence-corrected chi connectivity index (χ3v) is 11.2. The molecule has 0 aromatic heterocycles. The van der Waals surface area contributed by atoms with Gasteiger partial charge in [0.1, 0.15) is 11.9 Å². The zero-order valence-corrected chi connectivity index (χ0v) is 29.0. The van der Waals surface area contributed by atoms with Crippen LogP contribution in [0.2, 0.25) is 0 Å². The van der Waals surface area contributed by atoms with E-state index in [-0.39, 0.29) is 12.0 Å². The molecule has 3 unspecified atom stereocenters. The van der Waals surface area contributed by atoms with Gasteiger partial charge in [0.15, 0.2) is 0 Å². The minimum Gasteiger partial charge on any atom is -0.485 e. The van der Waals surface area contributed by atoms with E-state index in [1.54, 1.807) is 0 Å². The van der Waals surface area contributed by atoms with Crippen molar-refractivity contribution in [1.82, 2.24) is 0 Å². The quantitative estimate of drug-likeness (QED) is 0.175. The largest absolute Gasteiger partial charge is 0.485 e. The van der Waals surface area contributed by atoms with Gasteiger partial charge in [0.2, 0.25) is 0 Å². The van der Waals surface area contributed by atoms with Crippen LogP contribution in [0.3, 0.4) is 0 Å². The zero-order chi connectivity index (χ0) is 34.4. The van der Waals surface area contributed by atoms with Gasteiger partial charge in [-0.1, -0.05) is 134 Å². The van der Waals surface area contributed by atoms with Gasteiger partial charge >= 0.3 is 0 Å². The lowest BCUT2D eigenvalue weighted by atomic mass is 9.87. The van der Waals surface area contributed by atoms with Crippen molar-refractivity contribution in [3.05, 3.63) is 199 Å². The second-order valence-electron chi connectivity index (χ2n) is 14.3. The van der Waals surface area contributed by atoms with Crippen LogP contribution in [0.25, 0.3) is 43.8 Å². The molecule has 0 saturated carbocycles. The van der Waals surface area contributed by atoms with Crippen LogP contribution in [0.15, 0.2) is 193 Å². The molecule has 0 amide bonds. The van der Waals surface area contributed by atoms with Gasteiger partial charge < -0.3 is 9.64 Å². The average molecular weight is 670 g/mol. The van der Waals surface area contributed by atoms with Gasteiger partial charge in [0.05, 0.1) is 5.69 Å². The summed E-state index contributed by atoms with van der Waals surface area (Å²) in [6, 6.07) is 44.6. The highest BCUT2D eigenvalue weighted by Crippen LogP contribution is 2.46. The molecule has 0 N–H and O–H groups in total. The summed E-state index contributed by atoms with van der Waals surface area (Å²) in [6.07, 6.45) is 26.2. The van der Waals surface area contributed by atoms with E-state index < -0.39 is 0 Å². The van der Waals surface area contributed by atoms with Crippen molar-refractivity contribution in [2.75, 3.05) is 4.90 Å². The molecule has 3 atom stereocenters. The Labute approximate surface area is 305 Å². The van der Waals surface area contributed by atoms with Crippen LogP contribution in [0.5, 0.6) is 5.75 Å². The molecule has 10 rings (SSSR count). The first-order valence-electron chi connectivity index (χ1n) is 18.6. The van der Waals surface area contributed by atoms with Crippen molar-refractivity contribution in [1.29, 1.82) is 0 Å². The summed E-state index contributed by atoms with van der Waals surface area (Å²) < 4.78 is 6.29. The van der Waals surface area contributed by atoms with E-state index in [1.165, 1.54) is 66.3 Å². The van der Waals surface area contributed by atoms with E-state index in [4.69, 9.17) is 4.74 Å². The van der Waals surface area contributed by atoms with Crippen LogP contribution >= 0.6 is 0 Å². The first kappa shape index (κ1) is 30.7. The zero-order valence-electron chi connectivity index (χ0n) is 29.0. The number of ether oxygens (including phenoxy) is 1. The minimum atomic E-state index is 0.0910. The van der Waals surface area contributed by atoms with Crippen LogP contribution in [0.1, 0.15) is 30.7 Å². The molecule has 1 heterocycles. The fraction of sp³-hybridized carbons (Fsp3) is 0.120. The summed E-state index contributed by atoms with van der Waals surface area (Å²) in [6.45, 7) is 0. The number of benzene rings is 6. The van der Waals surface area contributed by atoms with E-state index in [9.17, 15) is 0 Å². The van der Waals surface area contributed by atoms with Crippen LogP contribution in [-0.4, -0.2) is 6.10 Å². The van der Waals surface area contributed by atoms with E-state index in [2.05, 4.69) is 187 Å². The van der Waals surface area contributed by atoms with Crippen molar-refractivity contribution in [3.63, 3.8) is 0 Å². The van der Waals surface area contributed by atoms with Crippen LogP contribution in [0.4, 0.5) is 11.4 Å². The molecule has 2 nitrogen and oxygen atoms in total. The molecule has 4 aliphatic rings. The number of hydrogen-bond donors (Lipinski definition) is 0. The molecule has 250 valence electrons. The van der Waals surface area contributed by atoms with Crippen molar-refractivity contribution in [2.24, 2.45) is 5.92 Å². The summed E-state index contributed by atoms with van der Waals surface area (Å²) in [4.78, 5) is 2.44. The van der Waals surface area contributed by atoms with E-state index in [0.29, 0.717) is 5.92 Å². The maximum Gasteiger partial charge on any atom is 0.128 e. The predicted molar refractivity (Wildman–Crippen MR) is 218 cm³/mol. The fourth-order valence-corrected chi connectivity index (χ4v) is 8.50. The highest BCUT2D eigenvalue weighted by atomic mass is 16.5. The molecule has 52 heavy (non-hydrogen) atoms. The summed E-state index contributed by atoms with van der Waals surface area (Å²) >= 11 is 0. The highest BCUT2D eigenvalue weighted by molar-refractivity contribution is 5.94. The SMILES string of the molecule is C1=CC2Oc3ccc4cc(-c5ccc(N(C6=CCC(C7=CCCC=C7)C=C6)c6ccccc6-c6ccc7ccccc7c6)cc5)ccc4c3C2C=C1. The molecule has 3 aliphatic carbocycles. The Balaban J connectivity index is 1.03. The summed E-state index contributed by atoms with van der Waals surface area (Å²) in [5.74, 6) is 1.69. The first-order chi connectivity index (χ1) is 25.8. The van der Waals surface area contributed by atoms with Crippen LogP contribution < -0.4 is 9.64 Å². The molecular formula is C50H39NO. The summed E-state index contributed by atoms with van der Waals surface area (Å²) in [5.41, 5.74) is 11.1. The van der Waals surface area contributed by atoms with Crippen molar-refractivity contribution in [3.8, 4) is 28.0 Å². The second kappa shape index (κ2) is 12.9. The Morgan fingerprint density at radius 1 is 0.596 bits per heavy atom. The van der Waals surface area contributed by atoms with E-state index >= 15 is 0 Å². The molecule has 6 aromatic carbocycles. The molecule has 2 heteroatoms. The van der Waals surface area contributed by atoms with Gasteiger partial charge in [-0.15, -0.1) is 0 Å².